The molecule has 2 aromatic carbocycles. The Morgan fingerprint density at radius 2 is 2.04 bits per heavy atom. The second kappa shape index (κ2) is 8.52. The summed E-state index contributed by atoms with van der Waals surface area (Å²) in [7, 11) is 0. The molecule has 1 amide bonds. The highest BCUT2D eigenvalue weighted by atomic mass is 79.9. The number of nitrogen functional groups attached to an aromatic ring is 1. The molecule has 6 nitrogen and oxygen atoms in total. The van der Waals surface area contributed by atoms with Crippen LogP contribution < -0.4 is 11.2 Å². The lowest BCUT2D eigenvalue weighted by atomic mass is 10.2. The van der Waals surface area contributed by atoms with Crippen molar-refractivity contribution in [2.75, 3.05) is 16.9 Å². The van der Waals surface area contributed by atoms with Gasteiger partial charge in [0.1, 0.15) is 0 Å². The largest absolute Gasteiger partial charge is 0.335 e. The van der Waals surface area contributed by atoms with E-state index in [1.165, 1.54) is 16.4 Å². The lowest BCUT2D eigenvalue weighted by Crippen LogP contribution is -2.16. The van der Waals surface area contributed by atoms with Crippen LogP contribution in [-0.4, -0.2) is 26.5 Å². The van der Waals surface area contributed by atoms with E-state index >= 15 is 0 Å². The highest BCUT2D eigenvalue weighted by Gasteiger charge is 2.16. The van der Waals surface area contributed by atoms with Gasteiger partial charge in [-0.2, -0.15) is 0 Å². The van der Waals surface area contributed by atoms with Crippen LogP contribution in [-0.2, 0) is 4.79 Å². The van der Waals surface area contributed by atoms with E-state index in [0.717, 1.165) is 15.7 Å². The Hall–Kier alpha value is -1.74. The summed E-state index contributed by atoms with van der Waals surface area (Å²) < 4.78 is 2.28. The lowest BCUT2D eigenvalue weighted by molar-refractivity contribution is -0.113. The maximum absolute atomic E-state index is 12.2. The fourth-order valence-corrected chi connectivity index (χ4v) is 3.55. The summed E-state index contributed by atoms with van der Waals surface area (Å²) in [5, 5.41) is 12.3. The fourth-order valence-electron chi connectivity index (χ4n) is 2.28. The molecular formula is C17H14BrCl2N5OS. The fraction of sp³-hybridized carbons (Fsp3) is 0.118. The first-order chi connectivity index (χ1) is 12.8. The molecule has 1 heterocycles. The van der Waals surface area contributed by atoms with Crippen molar-refractivity contribution in [2.24, 2.45) is 0 Å². The molecule has 0 fully saturated rings. The third kappa shape index (κ3) is 4.76. The molecule has 0 saturated heterocycles. The molecular weight excluding hydrogens is 473 g/mol. The van der Waals surface area contributed by atoms with Gasteiger partial charge in [0.15, 0.2) is 5.82 Å². The zero-order chi connectivity index (χ0) is 19.6. The quantitative estimate of drug-likeness (QED) is 0.400. The van der Waals surface area contributed by atoms with E-state index in [0.29, 0.717) is 26.6 Å². The summed E-state index contributed by atoms with van der Waals surface area (Å²) in [6.07, 6.45) is 0. The van der Waals surface area contributed by atoms with Crippen molar-refractivity contribution in [1.82, 2.24) is 14.9 Å². The minimum atomic E-state index is -0.174. The minimum Gasteiger partial charge on any atom is -0.335 e. The van der Waals surface area contributed by atoms with E-state index in [4.69, 9.17) is 29.0 Å². The van der Waals surface area contributed by atoms with Crippen molar-refractivity contribution in [2.45, 2.75) is 12.1 Å². The molecule has 0 atom stereocenters. The third-order valence-electron chi connectivity index (χ3n) is 3.61. The van der Waals surface area contributed by atoms with Gasteiger partial charge in [0.05, 0.1) is 10.8 Å². The standard InChI is InChI=1S/C17H14BrCl2N5OS/c1-9-6-11(3-4-13(9)18)22-15(26)8-27-17-24-23-16(25(17)21)12-7-10(19)2-5-14(12)20/h2-7H,8,21H2,1H3,(H,22,26). The van der Waals surface area contributed by atoms with Gasteiger partial charge in [-0.1, -0.05) is 50.9 Å². The molecule has 0 bridgehead atoms. The van der Waals surface area contributed by atoms with Crippen molar-refractivity contribution >= 4 is 62.5 Å². The first-order valence-electron chi connectivity index (χ1n) is 7.70. The Labute approximate surface area is 178 Å². The number of hydrogen-bond acceptors (Lipinski definition) is 5. The summed E-state index contributed by atoms with van der Waals surface area (Å²) in [6.45, 7) is 1.95. The number of nitrogens with one attached hydrogen (secondary N) is 1. The second-order valence-corrected chi connectivity index (χ2v) is 8.24. The molecule has 0 unspecified atom stereocenters. The summed E-state index contributed by atoms with van der Waals surface area (Å²) in [4.78, 5) is 12.2. The number of thioether (sulfide) groups is 1. The number of aromatic nitrogens is 3. The maximum Gasteiger partial charge on any atom is 0.234 e. The summed E-state index contributed by atoms with van der Waals surface area (Å²) in [6, 6.07) is 10.6. The maximum atomic E-state index is 12.2. The van der Waals surface area contributed by atoms with Gasteiger partial charge in [0, 0.05) is 20.7 Å². The van der Waals surface area contributed by atoms with Gasteiger partial charge in [0.25, 0.3) is 0 Å². The van der Waals surface area contributed by atoms with E-state index in [1.807, 2.05) is 25.1 Å². The molecule has 3 rings (SSSR count). The van der Waals surface area contributed by atoms with Crippen LogP contribution in [0, 0.1) is 6.92 Å². The third-order valence-corrected chi connectivity index (χ3v) is 6.01. The molecule has 0 aliphatic carbocycles. The van der Waals surface area contributed by atoms with Crippen LogP contribution in [0.3, 0.4) is 0 Å². The first kappa shape index (κ1) is 20.0. The average molecular weight is 487 g/mol. The molecule has 0 aliphatic heterocycles. The number of anilines is 1. The molecule has 3 N–H and O–H groups in total. The molecule has 1 aromatic heterocycles. The lowest BCUT2D eigenvalue weighted by Gasteiger charge is -2.07. The number of carbonyl (C=O) groups excluding carboxylic acids is 1. The van der Waals surface area contributed by atoms with Gasteiger partial charge in [0.2, 0.25) is 11.1 Å². The van der Waals surface area contributed by atoms with Gasteiger partial charge in [-0.25, -0.2) is 4.68 Å². The Morgan fingerprint density at radius 1 is 1.26 bits per heavy atom. The van der Waals surface area contributed by atoms with E-state index in [2.05, 4.69) is 31.4 Å². The average Bonchev–Trinajstić information content (AvgIpc) is 2.99. The van der Waals surface area contributed by atoms with E-state index in [9.17, 15) is 4.79 Å². The van der Waals surface area contributed by atoms with Crippen LogP contribution in [0.25, 0.3) is 11.4 Å². The van der Waals surface area contributed by atoms with Gasteiger partial charge >= 0.3 is 0 Å². The summed E-state index contributed by atoms with van der Waals surface area (Å²) in [5.74, 6) is 6.39. The van der Waals surface area contributed by atoms with E-state index in [-0.39, 0.29) is 11.7 Å². The van der Waals surface area contributed by atoms with Gasteiger partial charge in [-0.15, -0.1) is 10.2 Å². The van der Waals surface area contributed by atoms with Crippen molar-refractivity contribution in [3.63, 3.8) is 0 Å². The normalized spacial score (nSPS) is 10.8. The van der Waals surface area contributed by atoms with E-state index < -0.39 is 0 Å². The Morgan fingerprint density at radius 3 is 2.78 bits per heavy atom. The van der Waals surface area contributed by atoms with Gasteiger partial charge in [-0.3, -0.25) is 4.79 Å². The van der Waals surface area contributed by atoms with Crippen LogP contribution in [0.15, 0.2) is 46.0 Å². The summed E-state index contributed by atoms with van der Waals surface area (Å²) in [5.41, 5.74) is 2.33. The number of benzene rings is 2. The SMILES string of the molecule is Cc1cc(NC(=O)CSc2nnc(-c3cc(Cl)ccc3Cl)n2N)ccc1Br. The molecule has 3 aromatic rings. The smallest absolute Gasteiger partial charge is 0.234 e. The number of halogens is 3. The van der Waals surface area contributed by atoms with Crippen molar-refractivity contribution in [3.8, 4) is 11.4 Å². The van der Waals surface area contributed by atoms with Gasteiger partial charge in [-0.05, 0) is 48.9 Å². The van der Waals surface area contributed by atoms with Crippen molar-refractivity contribution in [3.05, 3.63) is 56.5 Å². The number of hydrogen-bond donors (Lipinski definition) is 2. The Bertz CT molecular complexity index is 1010. The Balaban J connectivity index is 1.68. The topological polar surface area (TPSA) is 85.8 Å². The minimum absolute atomic E-state index is 0.133. The predicted molar refractivity (Wildman–Crippen MR) is 114 cm³/mol. The van der Waals surface area contributed by atoms with Crippen LogP contribution in [0.4, 0.5) is 5.69 Å². The van der Waals surface area contributed by atoms with Crippen LogP contribution in [0.1, 0.15) is 5.56 Å². The zero-order valence-electron chi connectivity index (χ0n) is 14.0. The molecule has 0 radical (unpaired) electrons. The van der Waals surface area contributed by atoms with Crippen molar-refractivity contribution in [1.29, 1.82) is 0 Å². The number of aryl methyl sites for hydroxylation is 1. The number of rotatable bonds is 5. The van der Waals surface area contributed by atoms with Crippen LogP contribution in [0.2, 0.25) is 10.0 Å². The molecule has 0 saturated carbocycles. The van der Waals surface area contributed by atoms with Crippen LogP contribution in [0.5, 0.6) is 0 Å². The molecule has 0 spiro atoms. The number of carbonyl (C=O) groups is 1. The highest BCUT2D eigenvalue weighted by Crippen LogP contribution is 2.30. The van der Waals surface area contributed by atoms with E-state index in [1.54, 1.807) is 18.2 Å². The molecule has 140 valence electrons. The number of nitrogens with zero attached hydrogens (tertiary/aromatic N) is 3. The Kier molecular flexibility index (Phi) is 6.31. The highest BCUT2D eigenvalue weighted by molar-refractivity contribution is 9.10. The van der Waals surface area contributed by atoms with Gasteiger partial charge < -0.3 is 11.2 Å². The number of nitrogens with two attached hydrogens (primary N) is 1. The zero-order valence-corrected chi connectivity index (χ0v) is 18.0. The summed E-state index contributed by atoms with van der Waals surface area (Å²) >= 11 is 16.8. The number of amides is 1. The first-order valence-corrected chi connectivity index (χ1v) is 10.2. The second-order valence-electron chi connectivity index (χ2n) is 5.60. The molecule has 27 heavy (non-hydrogen) atoms. The molecule has 10 heteroatoms. The molecule has 0 aliphatic rings. The monoisotopic (exact) mass is 485 g/mol. The van der Waals surface area contributed by atoms with Crippen molar-refractivity contribution < 1.29 is 4.79 Å². The van der Waals surface area contributed by atoms with Crippen LogP contribution >= 0.6 is 50.9 Å². The predicted octanol–water partition coefficient (Wildman–Crippen LogP) is 4.77.